The number of hydrogen-bond acceptors (Lipinski definition) is 3. The van der Waals surface area contributed by atoms with E-state index in [1.54, 1.807) is 0 Å². The van der Waals surface area contributed by atoms with Crippen LogP contribution in [-0.4, -0.2) is 23.8 Å². The summed E-state index contributed by atoms with van der Waals surface area (Å²) in [6.07, 6.45) is 2.83. The minimum absolute atomic E-state index is 0.0396. The molecule has 0 spiro atoms. The lowest BCUT2D eigenvalue weighted by molar-refractivity contribution is 0.234. The molecule has 0 heterocycles. The molecule has 2 amide bonds. The second-order valence-electron chi connectivity index (χ2n) is 6.31. The Morgan fingerprint density at radius 2 is 1.84 bits per heavy atom. The Hall–Kier alpha value is -2.53. The smallest absolute Gasteiger partial charge is 0.319 e. The number of aliphatic hydroxyl groups excluding tert-OH is 1. The summed E-state index contributed by atoms with van der Waals surface area (Å²) < 4.78 is 5.78. The predicted octanol–water partition coefficient (Wildman–Crippen LogP) is 3.55. The number of benzene rings is 2. The van der Waals surface area contributed by atoms with Gasteiger partial charge in [-0.15, -0.1) is 0 Å². The Morgan fingerprint density at radius 3 is 2.56 bits per heavy atom. The molecule has 0 radical (unpaired) electrons. The average molecular weight is 340 g/mol. The zero-order valence-electron chi connectivity index (χ0n) is 14.2. The van der Waals surface area contributed by atoms with E-state index in [0.29, 0.717) is 18.9 Å². The number of anilines is 1. The number of urea groups is 1. The lowest BCUT2D eigenvalue weighted by atomic mass is 10.1. The summed E-state index contributed by atoms with van der Waals surface area (Å²) >= 11 is 0. The van der Waals surface area contributed by atoms with Crippen molar-refractivity contribution in [1.29, 1.82) is 0 Å². The maximum absolute atomic E-state index is 12.3. The molecule has 0 saturated heterocycles. The summed E-state index contributed by atoms with van der Waals surface area (Å²) in [6.45, 7) is 0.464. The van der Waals surface area contributed by atoms with Gasteiger partial charge in [0.15, 0.2) is 0 Å². The number of para-hydroxylation sites is 2. The molecule has 0 aromatic heterocycles. The number of carbonyl (C=O) groups excluding carboxylic acids is 1. The molecule has 2 aromatic rings. The van der Waals surface area contributed by atoms with Crippen LogP contribution in [0.3, 0.4) is 0 Å². The number of aliphatic hydroxyl groups is 1. The molecule has 1 fully saturated rings. The SMILES string of the molecule is O=C(Nc1ccccc1COc1ccccc1)NC(CCO)C1CC1. The van der Waals surface area contributed by atoms with E-state index in [4.69, 9.17) is 9.84 Å². The van der Waals surface area contributed by atoms with Gasteiger partial charge in [-0.1, -0.05) is 36.4 Å². The van der Waals surface area contributed by atoms with Crippen LogP contribution < -0.4 is 15.4 Å². The molecule has 1 aliphatic carbocycles. The van der Waals surface area contributed by atoms with Crippen LogP contribution in [0.5, 0.6) is 5.75 Å². The van der Waals surface area contributed by atoms with E-state index in [9.17, 15) is 4.79 Å². The van der Waals surface area contributed by atoms with Crippen LogP contribution in [0, 0.1) is 5.92 Å². The minimum Gasteiger partial charge on any atom is -0.489 e. The van der Waals surface area contributed by atoms with Crippen molar-refractivity contribution in [2.45, 2.75) is 31.9 Å². The van der Waals surface area contributed by atoms with Gasteiger partial charge >= 0.3 is 6.03 Å². The Bertz CT molecular complexity index is 686. The van der Waals surface area contributed by atoms with Crippen molar-refractivity contribution in [3.8, 4) is 5.75 Å². The van der Waals surface area contributed by atoms with Crippen LogP contribution in [0.25, 0.3) is 0 Å². The maximum atomic E-state index is 12.3. The molecule has 1 saturated carbocycles. The fourth-order valence-electron chi connectivity index (χ4n) is 2.84. The van der Waals surface area contributed by atoms with Gasteiger partial charge in [-0.25, -0.2) is 4.79 Å². The van der Waals surface area contributed by atoms with Crippen LogP contribution in [0.1, 0.15) is 24.8 Å². The van der Waals surface area contributed by atoms with Crippen LogP contribution >= 0.6 is 0 Å². The van der Waals surface area contributed by atoms with Crippen molar-refractivity contribution < 1.29 is 14.6 Å². The largest absolute Gasteiger partial charge is 0.489 e. The van der Waals surface area contributed by atoms with Crippen molar-refractivity contribution in [3.63, 3.8) is 0 Å². The molecule has 5 nitrogen and oxygen atoms in total. The molecule has 132 valence electrons. The normalized spacial score (nSPS) is 14.6. The van der Waals surface area contributed by atoms with E-state index in [2.05, 4.69) is 10.6 Å². The molecule has 3 N–H and O–H groups in total. The predicted molar refractivity (Wildman–Crippen MR) is 97.6 cm³/mol. The molecule has 1 aliphatic rings. The Balaban J connectivity index is 1.59. The summed E-state index contributed by atoms with van der Waals surface area (Å²) in [5.41, 5.74) is 1.64. The van der Waals surface area contributed by atoms with Gasteiger partial charge in [-0.05, 0) is 43.4 Å². The number of nitrogens with one attached hydrogen (secondary N) is 2. The quantitative estimate of drug-likeness (QED) is 0.688. The highest BCUT2D eigenvalue weighted by molar-refractivity contribution is 5.90. The van der Waals surface area contributed by atoms with Crippen molar-refractivity contribution in [1.82, 2.24) is 5.32 Å². The maximum Gasteiger partial charge on any atom is 0.319 e. The summed E-state index contributed by atoms with van der Waals surface area (Å²) in [4.78, 5) is 12.3. The first-order valence-corrected chi connectivity index (χ1v) is 8.70. The average Bonchev–Trinajstić information content (AvgIpc) is 3.47. The molecule has 25 heavy (non-hydrogen) atoms. The van der Waals surface area contributed by atoms with Crippen molar-refractivity contribution in [3.05, 3.63) is 60.2 Å². The zero-order chi connectivity index (χ0) is 17.5. The van der Waals surface area contributed by atoms with Gasteiger partial charge in [0.25, 0.3) is 0 Å². The molecule has 0 bridgehead atoms. The first kappa shape index (κ1) is 17.3. The highest BCUT2D eigenvalue weighted by Gasteiger charge is 2.31. The fourth-order valence-corrected chi connectivity index (χ4v) is 2.84. The molecular weight excluding hydrogens is 316 g/mol. The molecule has 2 aromatic carbocycles. The van der Waals surface area contributed by atoms with Gasteiger partial charge in [-0.2, -0.15) is 0 Å². The second-order valence-corrected chi connectivity index (χ2v) is 6.31. The monoisotopic (exact) mass is 340 g/mol. The lowest BCUT2D eigenvalue weighted by Gasteiger charge is -2.18. The van der Waals surface area contributed by atoms with Gasteiger partial charge in [0.05, 0.1) is 0 Å². The third-order valence-corrected chi connectivity index (χ3v) is 4.35. The first-order valence-electron chi connectivity index (χ1n) is 8.70. The second kappa shape index (κ2) is 8.53. The molecule has 1 atom stereocenters. The Labute approximate surface area is 148 Å². The number of ether oxygens (including phenoxy) is 1. The van der Waals surface area contributed by atoms with E-state index in [1.165, 1.54) is 0 Å². The topological polar surface area (TPSA) is 70.6 Å². The number of carbonyl (C=O) groups is 1. The van der Waals surface area contributed by atoms with E-state index < -0.39 is 0 Å². The van der Waals surface area contributed by atoms with E-state index >= 15 is 0 Å². The summed E-state index contributed by atoms with van der Waals surface area (Å²) in [7, 11) is 0. The third-order valence-electron chi connectivity index (χ3n) is 4.35. The Kier molecular flexibility index (Phi) is 5.90. The van der Waals surface area contributed by atoms with E-state index in [0.717, 1.165) is 29.8 Å². The van der Waals surface area contributed by atoms with Crippen LogP contribution in [0.2, 0.25) is 0 Å². The summed E-state index contributed by atoms with van der Waals surface area (Å²) in [5, 5.41) is 15.0. The highest BCUT2D eigenvalue weighted by Crippen LogP contribution is 2.34. The number of amides is 2. The minimum atomic E-state index is -0.238. The fraction of sp³-hybridized carbons (Fsp3) is 0.350. The van der Waals surface area contributed by atoms with Gasteiger partial charge < -0.3 is 20.5 Å². The third kappa shape index (κ3) is 5.22. The van der Waals surface area contributed by atoms with Gasteiger partial charge in [0.1, 0.15) is 12.4 Å². The highest BCUT2D eigenvalue weighted by atomic mass is 16.5. The van der Waals surface area contributed by atoms with E-state index in [-0.39, 0.29) is 18.7 Å². The molecule has 3 rings (SSSR count). The Morgan fingerprint density at radius 1 is 1.12 bits per heavy atom. The number of rotatable bonds is 8. The van der Waals surface area contributed by atoms with Gasteiger partial charge in [0.2, 0.25) is 0 Å². The lowest BCUT2D eigenvalue weighted by Crippen LogP contribution is -2.40. The zero-order valence-corrected chi connectivity index (χ0v) is 14.2. The van der Waals surface area contributed by atoms with Crippen molar-refractivity contribution in [2.75, 3.05) is 11.9 Å². The van der Waals surface area contributed by atoms with E-state index in [1.807, 2.05) is 54.6 Å². The van der Waals surface area contributed by atoms with Crippen LogP contribution in [0.4, 0.5) is 10.5 Å². The van der Waals surface area contributed by atoms with Crippen LogP contribution in [-0.2, 0) is 6.61 Å². The summed E-state index contributed by atoms with van der Waals surface area (Å²) in [5.74, 6) is 1.29. The van der Waals surface area contributed by atoms with Gasteiger partial charge in [-0.3, -0.25) is 0 Å². The summed E-state index contributed by atoms with van der Waals surface area (Å²) in [6, 6.07) is 17.0. The molecule has 1 unspecified atom stereocenters. The van der Waals surface area contributed by atoms with Crippen LogP contribution in [0.15, 0.2) is 54.6 Å². The molecule has 5 heteroatoms. The van der Waals surface area contributed by atoms with Crippen molar-refractivity contribution >= 4 is 11.7 Å². The number of hydrogen-bond donors (Lipinski definition) is 3. The van der Waals surface area contributed by atoms with Gasteiger partial charge in [0, 0.05) is 23.9 Å². The standard InChI is InChI=1S/C20H24N2O3/c23-13-12-19(15-10-11-15)22-20(24)21-18-9-5-4-6-16(18)14-25-17-7-2-1-3-8-17/h1-9,15,19,23H,10-14H2,(H2,21,22,24). The van der Waals surface area contributed by atoms with Crippen molar-refractivity contribution in [2.24, 2.45) is 5.92 Å². The molecule has 0 aliphatic heterocycles. The molecular formula is C20H24N2O3. The first-order chi connectivity index (χ1) is 12.3.